The molecule has 0 aliphatic rings. The van der Waals surface area contributed by atoms with Crippen molar-refractivity contribution in [3.05, 3.63) is 40.1 Å². The molecule has 0 fully saturated rings. The van der Waals surface area contributed by atoms with Crippen LogP contribution < -0.4 is 5.73 Å². The Bertz CT molecular complexity index is 521. The van der Waals surface area contributed by atoms with Crippen LogP contribution in [0.2, 0.25) is 5.15 Å². The van der Waals surface area contributed by atoms with Gasteiger partial charge in [0, 0.05) is 6.20 Å². The summed E-state index contributed by atoms with van der Waals surface area (Å²) < 4.78 is 0.904. The Hall–Kier alpha value is -0.780. The highest BCUT2D eigenvalue weighted by molar-refractivity contribution is 9.10. The van der Waals surface area contributed by atoms with Crippen molar-refractivity contribution >= 4 is 45.0 Å². The van der Waals surface area contributed by atoms with E-state index in [9.17, 15) is 0 Å². The molecule has 2 rings (SSSR count). The van der Waals surface area contributed by atoms with Crippen molar-refractivity contribution in [2.45, 2.75) is 10.1 Å². The topological polar surface area (TPSA) is 51.8 Å². The molecule has 2 aromatic rings. The Morgan fingerprint density at radius 2 is 2.06 bits per heavy atom. The normalized spacial score (nSPS) is 10.4. The van der Waals surface area contributed by atoms with Crippen molar-refractivity contribution < 1.29 is 0 Å². The molecule has 0 bridgehead atoms. The third kappa shape index (κ3) is 2.66. The fourth-order valence-corrected chi connectivity index (χ4v) is 2.54. The lowest BCUT2D eigenvalue weighted by Crippen LogP contribution is -1.92. The van der Waals surface area contributed by atoms with Gasteiger partial charge < -0.3 is 5.73 Å². The van der Waals surface area contributed by atoms with Crippen LogP contribution >= 0.6 is 39.3 Å². The van der Waals surface area contributed by atoms with E-state index in [1.165, 1.54) is 11.8 Å². The maximum Gasteiger partial charge on any atom is 0.130 e. The van der Waals surface area contributed by atoms with E-state index in [4.69, 9.17) is 17.3 Å². The van der Waals surface area contributed by atoms with Crippen LogP contribution in [0.15, 0.2) is 45.0 Å². The predicted octanol–water partition coefficient (Wildman–Crippen LogP) is 3.63. The number of nitrogens with two attached hydrogens (primary N) is 1. The van der Waals surface area contributed by atoms with Crippen molar-refractivity contribution in [2.24, 2.45) is 0 Å². The van der Waals surface area contributed by atoms with Crippen molar-refractivity contribution in [1.29, 1.82) is 0 Å². The largest absolute Gasteiger partial charge is 0.397 e. The Morgan fingerprint density at radius 1 is 1.25 bits per heavy atom. The predicted molar refractivity (Wildman–Crippen MR) is 69.7 cm³/mol. The number of aromatic nitrogens is 2. The van der Waals surface area contributed by atoms with E-state index >= 15 is 0 Å². The lowest BCUT2D eigenvalue weighted by Gasteiger charge is -2.05. The van der Waals surface area contributed by atoms with Crippen LogP contribution in [0.25, 0.3) is 0 Å². The molecule has 2 heterocycles. The fourth-order valence-electron chi connectivity index (χ4n) is 1.05. The van der Waals surface area contributed by atoms with Crippen LogP contribution in [0, 0.1) is 0 Å². The van der Waals surface area contributed by atoms with E-state index in [0.29, 0.717) is 15.9 Å². The molecule has 16 heavy (non-hydrogen) atoms. The number of hydrogen-bond donors (Lipinski definition) is 1. The number of rotatable bonds is 2. The Labute approximate surface area is 111 Å². The Kier molecular flexibility index (Phi) is 3.68. The lowest BCUT2D eigenvalue weighted by molar-refractivity contribution is 1.08. The van der Waals surface area contributed by atoms with Gasteiger partial charge in [0.25, 0.3) is 0 Å². The van der Waals surface area contributed by atoms with Crippen LogP contribution in [0.4, 0.5) is 5.69 Å². The summed E-state index contributed by atoms with van der Waals surface area (Å²) >= 11 is 10.6. The number of pyridine rings is 2. The number of hydrogen-bond acceptors (Lipinski definition) is 4. The Balaban J connectivity index is 2.34. The molecule has 2 aromatic heterocycles. The molecule has 6 heteroatoms. The third-order valence-corrected chi connectivity index (χ3v) is 3.93. The zero-order valence-corrected chi connectivity index (χ0v) is 11.2. The fraction of sp³-hybridized carbons (Fsp3) is 0. The van der Waals surface area contributed by atoms with Gasteiger partial charge >= 0.3 is 0 Å². The van der Waals surface area contributed by atoms with Crippen molar-refractivity contribution in [2.75, 3.05) is 5.73 Å². The summed E-state index contributed by atoms with van der Waals surface area (Å²) in [5, 5.41) is 1.89. The van der Waals surface area contributed by atoms with Crippen molar-refractivity contribution in [3.8, 4) is 0 Å². The van der Waals surface area contributed by atoms with Gasteiger partial charge in [-0.25, -0.2) is 9.97 Å². The maximum absolute atomic E-state index is 5.81. The molecule has 0 saturated heterocycles. The van der Waals surface area contributed by atoms with Gasteiger partial charge in [-0.1, -0.05) is 11.6 Å². The summed E-state index contributed by atoms with van der Waals surface area (Å²) in [6, 6.07) is 7.15. The highest BCUT2D eigenvalue weighted by Crippen LogP contribution is 2.33. The number of anilines is 1. The van der Waals surface area contributed by atoms with Gasteiger partial charge in [0.15, 0.2) is 0 Å². The molecule has 0 aliphatic carbocycles. The molecule has 0 atom stereocenters. The second-order valence-electron chi connectivity index (χ2n) is 2.92. The first-order chi connectivity index (χ1) is 7.66. The summed E-state index contributed by atoms with van der Waals surface area (Å²) in [5.41, 5.74) is 6.39. The average molecular weight is 317 g/mol. The van der Waals surface area contributed by atoms with E-state index in [1.807, 2.05) is 12.1 Å². The number of nitrogens with zero attached hydrogens (tertiary/aromatic N) is 2. The molecule has 82 valence electrons. The van der Waals surface area contributed by atoms with E-state index < -0.39 is 0 Å². The highest BCUT2D eigenvalue weighted by atomic mass is 79.9. The van der Waals surface area contributed by atoms with Gasteiger partial charge in [-0.3, -0.25) is 0 Å². The van der Waals surface area contributed by atoms with Gasteiger partial charge in [-0.15, -0.1) is 0 Å². The minimum atomic E-state index is 0.420. The molecule has 0 amide bonds. The van der Waals surface area contributed by atoms with Crippen LogP contribution in [0.1, 0.15) is 0 Å². The molecule has 2 N–H and O–H groups in total. The smallest absolute Gasteiger partial charge is 0.130 e. The summed E-state index contributed by atoms with van der Waals surface area (Å²) in [6.45, 7) is 0. The van der Waals surface area contributed by atoms with Crippen molar-refractivity contribution in [3.63, 3.8) is 0 Å². The average Bonchev–Trinajstić information content (AvgIpc) is 2.27. The second-order valence-corrected chi connectivity index (χ2v) is 5.14. The number of halogens is 2. The number of nitrogen functional groups attached to an aromatic ring is 1. The molecular weight excluding hydrogens is 310 g/mol. The summed E-state index contributed by atoms with van der Waals surface area (Å²) in [6.07, 6.45) is 1.72. The zero-order valence-electron chi connectivity index (χ0n) is 8.02. The first-order valence-electron chi connectivity index (χ1n) is 4.37. The minimum Gasteiger partial charge on any atom is -0.397 e. The van der Waals surface area contributed by atoms with Crippen molar-refractivity contribution in [1.82, 2.24) is 9.97 Å². The first kappa shape index (κ1) is 11.7. The second kappa shape index (κ2) is 5.03. The van der Waals surface area contributed by atoms with Gasteiger partial charge in [-0.05, 0) is 52.0 Å². The molecule has 0 unspecified atom stereocenters. The van der Waals surface area contributed by atoms with E-state index in [-0.39, 0.29) is 0 Å². The molecule has 0 aromatic carbocycles. The quantitative estimate of drug-likeness (QED) is 0.860. The lowest BCUT2D eigenvalue weighted by atomic mass is 10.4. The summed E-state index contributed by atoms with van der Waals surface area (Å²) in [5.74, 6) is 0. The molecule has 0 aliphatic heterocycles. The van der Waals surface area contributed by atoms with Crippen LogP contribution in [0.3, 0.4) is 0 Å². The van der Waals surface area contributed by atoms with E-state index in [2.05, 4.69) is 25.9 Å². The highest BCUT2D eigenvalue weighted by Gasteiger charge is 2.08. The van der Waals surface area contributed by atoms with E-state index in [1.54, 1.807) is 18.3 Å². The van der Waals surface area contributed by atoms with Gasteiger partial charge in [0.1, 0.15) is 15.2 Å². The summed E-state index contributed by atoms with van der Waals surface area (Å²) in [4.78, 5) is 8.37. The molecule has 0 radical (unpaired) electrons. The molecule has 3 nitrogen and oxygen atoms in total. The van der Waals surface area contributed by atoms with Gasteiger partial charge in [0.2, 0.25) is 0 Å². The summed E-state index contributed by atoms with van der Waals surface area (Å²) in [7, 11) is 0. The molecule has 0 saturated carbocycles. The monoisotopic (exact) mass is 315 g/mol. The van der Waals surface area contributed by atoms with Gasteiger partial charge in [0.05, 0.1) is 10.2 Å². The van der Waals surface area contributed by atoms with Crippen LogP contribution in [0.5, 0.6) is 0 Å². The SMILES string of the molecule is Nc1ccc(Cl)nc1Sc1ncccc1Br. The Morgan fingerprint density at radius 3 is 2.81 bits per heavy atom. The zero-order chi connectivity index (χ0) is 11.5. The van der Waals surface area contributed by atoms with Crippen LogP contribution in [-0.4, -0.2) is 9.97 Å². The van der Waals surface area contributed by atoms with Gasteiger partial charge in [-0.2, -0.15) is 0 Å². The first-order valence-corrected chi connectivity index (χ1v) is 6.36. The van der Waals surface area contributed by atoms with E-state index in [0.717, 1.165) is 9.50 Å². The standard InChI is InChI=1S/C10H7BrClN3S/c11-6-2-1-5-14-9(6)16-10-7(13)3-4-8(12)15-10/h1-5H,13H2. The minimum absolute atomic E-state index is 0.420. The molecular formula is C10H7BrClN3S. The molecule has 0 spiro atoms. The maximum atomic E-state index is 5.81. The third-order valence-electron chi connectivity index (χ3n) is 1.77. The van der Waals surface area contributed by atoms with Crippen LogP contribution in [-0.2, 0) is 0 Å².